The average Bonchev–Trinajstić information content (AvgIpc) is 2.84. The van der Waals surface area contributed by atoms with Crippen molar-refractivity contribution in [2.75, 3.05) is 7.11 Å². The Balaban J connectivity index is 2.64. The normalized spacial score (nSPS) is 12.4. The lowest BCUT2D eigenvalue weighted by Gasteiger charge is -2.23. The summed E-state index contributed by atoms with van der Waals surface area (Å²) in [6.45, 7) is 7.71. The van der Waals surface area contributed by atoms with Crippen molar-refractivity contribution in [3.8, 4) is 5.75 Å². The Morgan fingerprint density at radius 1 is 1.24 bits per heavy atom. The summed E-state index contributed by atoms with van der Waals surface area (Å²) in [7, 11) is -2.05. The van der Waals surface area contributed by atoms with Crippen molar-refractivity contribution in [1.29, 1.82) is 0 Å². The smallest absolute Gasteiger partial charge is 0.269 e. The summed E-state index contributed by atoms with van der Waals surface area (Å²) in [4.78, 5) is 4.20. The zero-order valence-corrected chi connectivity index (χ0v) is 13.7. The van der Waals surface area contributed by atoms with Crippen LogP contribution in [0.3, 0.4) is 0 Å². The van der Waals surface area contributed by atoms with Gasteiger partial charge >= 0.3 is 0 Å². The number of aromatic nitrogens is 2. The number of rotatable bonds is 3. The highest BCUT2D eigenvalue weighted by molar-refractivity contribution is 7.90. The second kappa shape index (κ2) is 5.18. The molecule has 1 aromatic heterocycles. The van der Waals surface area contributed by atoms with Gasteiger partial charge in [0.1, 0.15) is 11.6 Å². The number of nitrogens with zero attached hydrogens (tertiary/aromatic N) is 2. The predicted octanol–water partition coefficient (Wildman–Crippen LogP) is 2.73. The third kappa shape index (κ3) is 2.81. The summed E-state index contributed by atoms with van der Waals surface area (Å²) < 4.78 is 31.9. The van der Waals surface area contributed by atoms with Gasteiger partial charge in [-0.3, -0.25) is 0 Å². The third-order valence-electron chi connectivity index (χ3n) is 3.32. The monoisotopic (exact) mass is 308 g/mol. The van der Waals surface area contributed by atoms with E-state index in [0.29, 0.717) is 11.6 Å². The first-order valence-electron chi connectivity index (χ1n) is 6.62. The topological polar surface area (TPSA) is 61.2 Å². The Morgan fingerprint density at radius 2 is 1.90 bits per heavy atom. The van der Waals surface area contributed by atoms with Crippen molar-refractivity contribution in [1.82, 2.24) is 8.96 Å². The van der Waals surface area contributed by atoms with E-state index in [0.717, 1.165) is 5.56 Å². The molecule has 0 bridgehead atoms. The summed E-state index contributed by atoms with van der Waals surface area (Å²) in [5.41, 5.74) is 0.629. The molecule has 2 aromatic rings. The van der Waals surface area contributed by atoms with Crippen LogP contribution in [0.15, 0.2) is 35.5 Å². The Kier molecular flexibility index (Phi) is 3.84. The lowest BCUT2D eigenvalue weighted by Crippen LogP contribution is -2.17. The van der Waals surface area contributed by atoms with Gasteiger partial charge in [-0.1, -0.05) is 20.8 Å². The van der Waals surface area contributed by atoms with Crippen molar-refractivity contribution in [3.05, 3.63) is 42.0 Å². The fraction of sp³-hybridized carbons (Fsp3) is 0.400. The molecule has 0 amide bonds. The molecule has 0 radical (unpaired) electrons. The molecular weight excluding hydrogens is 288 g/mol. The van der Waals surface area contributed by atoms with E-state index >= 15 is 0 Å². The van der Waals surface area contributed by atoms with E-state index in [1.165, 1.54) is 16.4 Å². The van der Waals surface area contributed by atoms with Crippen LogP contribution in [0.2, 0.25) is 0 Å². The maximum Gasteiger partial charge on any atom is 0.269 e. The highest BCUT2D eigenvalue weighted by atomic mass is 32.2. The van der Waals surface area contributed by atoms with Gasteiger partial charge in [0.2, 0.25) is 0 Å². The summed E-state index contributed by atoms with van der Waals surface area (Å²) >= 11 is 0. The summed E-state index contributed by atoms with van der Waals surface area (Å²) in [5.74, 6) is 1.12. The van der Waals surface area contributed by atoms with Gasteiger partial charge in [-0.05, 0) is 30.5 Å². The molecule has 6 heteroatoms. The largest absolute Gasteiger partial charge is 0.496 e. The summed E-state index contributed by atoms with van der Waals surface area (Å²) in [6, 6.07) is 4.93. The zero-order chi connectivity index (χ0) is 15.8. The maximum atomic E-state index is 12.7. The molecule has 0 spiro atoms. The van der Waals surface area contributed by atoms with Crippen LogP contribution in [0.5, 0.6) is 5.75 Å². The molecule has 5 nitrogen and oxygen atoms in total. The van der Waals surface area contributed by atoms with Crippen LogP contribution in [0.1, 0.15) is 32.2 Å². The Morgan fingerprint density at radius 3 is 2.38 bits per heavy atom. The minimum Gasteiger partial charge on any atom is -0.496 e. The molecule has 0 atom stereocenters. The molecule has 0 N–H and O–H groups in total. The van der Waals surface area contributed by atoms with E-state index < -0.39 is 10.0 Å². The van der Waals surface area contributed by atoms with Crippen molar-refractivity contribution < 1.29 is 13.2 Å². The standard InChI is InChI=1S/C15H20N2O3S/c1-11-16-8-9-17(11)21(18,19)12-6-7-14(20-5)13(10-12)15(2,3)4/h6-10H,1-5H3. The molecule has 2 rings (SSSR count). The number of methoxy groups -OCH3 is 1. The quantitative estimate of drug-likeness (QED) is 0.874. The minimum absolute atomic E-state index is 0.221. The number of hydrogen-bond donors (Lipinski definition) is 0. The molecule has 1 heterocycles. The fourth-order valence-electron chi connectivity index (χ4n) is 2.17. The average molecular weight is 308 g/mol. The molecule has 21 heavy (non-hydrogen) atoms. The van der Waals surface area contributed by atoms with E-state index in [1.54, 1.807) is 32.2 Å². The first-order valence-corrected chi connectivity index (χ1v) is 8.06. The number of imidazole rings is 1. The van der Waals surface area contributed by atoms with Crippen LogP contribution in [-0.2, 0) is 15.4 Å². The minimum atomic E-state index is -3.64. The first kappa shape index (κ1) is 15.6. The Hall–Kier alpha value is -1.82. The van der Waals surface area contributed by atoms with Gasteiger partial charge in [-0.2, -0.15) is 0 Å². The van der Waals surface area contributed by atoms with Crippen molar-refractivity contribution in [2.45, 2.75) is 38.0 Å². The van der Waals surface area contributed by atoms with Gasteiger partial charge in [-0.15, -0.1) is 0 Å². The van der Waals surface area contributed by atoms with E-state index in [4.69, 9.17) is 4.74 Å². The molecule has 0 aliphatic carbocycles. The summed E-state index contributed by atoms with van der Waals surface area (Å²) in [5, 5.41) is 0. The molecule has 0 aliphatic rings. The van der Waals surface area contributed by atoms with Gasteiger partial charge in [0.05, 0.1) is 12.0 Å². The summed E-state index contributed by atoms with van der Waals surface area (Å²) in [6.07, 6.45) is 2.92. The van der Waals surface area contributed by atoms with Crippen molar-refractivity contribution in [3.63, 3.8) is 0 Å². The molecule has 0 unspecified atom stereocenters. The van der Waals surface area contributed by atoms with Gasteiger partial charge in [0.25, 0.3) is 10.0 Å². The van der Waals surface area contributed by atoms with E-state index in [2.05, 4.69) is 4.98 Å². The van der Waals surface area contributed by atoms with Gasteiger partial charge < -0.3 is 4.74 Å². The molecular formula is C15H20N2O3S. The number of ether oxygens (including phenoxy) is 1. The SMILES string of the molecule is COc1ccc(S(=O)(=O)n2ccnc2C)cc1C(C)(C)C. The Labute approximate surface area is 125 Å². The third-order valence-corrected chi connectivity index (χ3v) is 5.07. The first-order chi connectivity index (χ1) is 9.67. The second-order valence-electron chi connectivity index (χ2n) is 5.89. The molecule has 1 aromatic carbocycles. The molecule has 0 aliphatic heterocycles. The van der Waals surface area contributed by atoms with E-state index in [-0.39, 0.29) is 10.3 Å². The van der Waals surface area contributed by atoms with Gasteiger partial charge in [0.15, 0.2) is 0 Å². The number of benzene rings is 1. The highest BCUT2D eigenvalue weighted by Gasteiger charge is 2.24. The number of aryl methyl sites for hydroxylation is 1. The van der Waals surface area contributed by atoms with Crippen molar-refractivity contribution in [2.24, 2.45) is 0 Å². The Bertz CT molecular complexity index is 755. The second-order valence-corrected chi connectivity index (χ2v) is 7.70. The number of hydrogen-bond acceptors (Lipinski definition) is 4. The van der Waals surface area contributed by atoms with Crippen LogP contribution in [0.4, 0.5) is 0 Å². The van der Waals surface area contributed by atoms with Gasteiger partial charge in [0, 0.05) is 18.0 Å². The van der Waals surface area contributed by atoms with Crippen LogP contribution in [-0.4, -0.2) is 24.5 Å². The predicted molar refractivity (Wildman–Crippen MR) is 81.2 cm³/mol. The fourth-order valence-corrected chi connectivity index (χ4v) is 3.51. The van der Waals surface area contributed by atoms with Gasteiger partial charge in [-0.25, -0.2) is 17.4 Å². The lowest BCUT2D eigenvalue weighted by atomic mass is 9.86. The van der Waals surface area contributed by atoms with E-state index in [1.807, 2.05) is 20.8 Å². The van der Waals surface area contributed by atoms with Crippen LogP contribution in [0, 0.1) is 6.92 Å². The van der Waals surface area contributed by atoms with E-state index in [9.17, 15) is 8.42 Å². The maximum absolute atomic E-state index is 12.7. The molecule has 0 saturated heterocycles. The zero-order valence-electron chi connectivity index (χ0n) is 12.9. The van der Waals surface area contributed by atoms with Crippen LogP contribution >= 0.6 is 0 Å². The highest BCUT2D eigenvalue weighted by Crippen LogP contribution is 2.33. The molecule has 0 saturated carbocycles. The lowest BCUT2D eigenvalue weighted by molar-refractivity contribution is 0.397. The van der Waals surface area contributed by atoms with Crippen LogP contribution < -0.4 is 4.74 Å². The molecule has 0 fully saturated rings. The molecule has 114 valence electrons. The van der Waals surface area contributed by atoms with Crippen LogP contribution in [0.25, 0.3) is 0 Å². The van der Waals surface area contributed by atoms with Crippen molar-refractivity contribution >= 4 is 10.0 Å².